The van der Waals surface area contributed by atoms with E-state index in [0.29, 0.717) is 18.7 Å². The zero-order valence-electron chi connectivity index (χ0n) is 8.82. The molecule has 17 heavy (non-hydrogen) atoms. The molecule has 1 aliphatic rings. The number of aliphatic carboxylic acids is 1. The van der Waals surface area contributed by atoms with E-state index in [2.05, 4.69) is 5.32 Å². The number of halogens is 3. The Labute approximate surface area is 103 Å². The van der Waals surface area contributed by atoms with Crippen molar-refractivity contribution >= 4 is 18.4 Å². The van der Waals surface area contributed by atoms with E-state index in [4.69, 9.17) is 5.11 Å². The lowest BCUT2D eigenvalue weighted by molar-refractivity contribution is -0.141. The van der Waals surface area contributed by atoms with Crippen LogP contribution in [0.2, 0.25) is 0 Å². The molecule has 1 aromatic carbocycles. The largest absolute Gasteiger partial charge is 0.481 e. The third-order valence-corrected chi connectivity index (χ3v) is 2.84. The molecule has 1 aliphatic heterocycles. The average Bonchev–Trinajstić information content (AvgIpc) is 2.63. The van der Waals surface area contributed by atoms with Gasteiger partial charge in [0.2, 0.25) is 0 Å². The maximum atomic E-state index is 13.0. The second kappa shape index (κ2) is 5.42. The maximum absolute atomic E-state index is 13.0. The van der Waals surface area contributed by atoms with Crippen molar-refractivity contribution in [2.45, 2.75) is 5.92 Å². The maximum Gasteiger partial charge on any atom is 0.308 e. The van der Waals surface area contributed by atoms with Crippen molar-refractivity contribution in [3.8, 4) is 0 Å². The number of hydrogen-bond donors (Lipinski definition) is 2. The Kier molecular flexibility index (Phi) is 4.42. The van der Waals surface area contributed by atoms with Crippen LogP contribution < -0.4 is 5.32 Å². The molecule has 94 valence electrons. The molecule has 2 atom stereocenters. The fourth-order valence-corrected chi connectivity index (χ4v) is 2.08. The Hall–Kier alpha value is -1.20. The number of carboxylic acids is 1. The summed E-state index contributed by atoms with van der Waals surface area (Å²) in [5, 5.41) is 11.9. The predicted molar refractivity (Wildman–Crippen MR) is 60.3 cm³/mol. The van der Waals surface area contributed by atoms with Gasteiger partial charge >= 0.3 is 5.97 Å². The fourth-order valence-electron chi connectivity index (χ4n) is 2.08. The molecule has 0 bridgehead atoms. The first-order valence-corrected chi connectivity index (χ1v) is 4.97. The first-order chi connectivity index (χ1) is 7.58. The van der Waals surface area contributed by atoms with Gasteiger partial charge in [-0.25, -0.2) is 8.78 Å². The van der Waals surface area contributed by atoms with E-state index in [0.717, 1.165) is 6.07 Å². The van der Waals surface area contributed by atoms with Gasteiger partial charge in [-0.05, 0) is 17.7 Å². The SMILES string of the molecule is Cl.O=C(O)[C@@H]1CNC[C@H]1c1cc(F)cc(F)c1. The number of benzene rings is 1. The standard InChI is InChI=1S/C11H11F2NO2.ClH/c12-7-1-6(2-8(13)3-7)9-4-14-5-10(9)11(15)16;/h1-3,9-10,14H,4-5H2,(H,15,16);1H/t9-,10+;/m0./s1. The van der Waals surface area contributed by atoms with Gasteiger partial charge in [0.15, 0.2) is 0 Å². The van der Waals surface area contributed by atoms with Crippen molar-refractivity contribution in [3.63, 3.8) is 0 Å². The van der Waals surface area contributed by atoms with Crippen LogP contribution in [-0.4, -0.2) is 24.2 Å². The highest BCUT2D eigenvalue weighted by Gasteiger charge is 2.34. The molecule has 0 spiro atoms. The number of nitrogens with one attached hydrogen (secondary N) is 1. The summed E-state index contributed by atoms with van der Waals surface area (Å²) in [5.41, 5.74) is 0.398. The van der Waals surface area contributed by atoms with Crippen LogP contribution >= 0.6 is 12.4 Å². The van der Waals surface area contributed by atoms with E-state index < -0.39 is 23.5 Å². The third-order valence-electron chi connectivity index (χ3n) is 2.84. The van der Waals surface area contributed by atoms with Crippen LogP contribution in [0.15, 0.2) is 18.2 Å². The molecule has 0 unspecified atom stereocenters. The molecule has 0 aromatic heterocycles. The lowest BCUT2D eigenvalue weighted by atomic mass is 9.89. The monoisotopic (exact) mass is 263 g/mol. The van der Waals surface area contributed by atoms with E-state index in [1.165, 1.54) is 12.1 Å². The molecule has 0 amide bonds. The zero-order chi connectivity index (χ0) is 11.7. The minimum absolute atomic E-state index is 0. The highest BCUT2D eigenvalue weighted by atomic mass is 35.5. The molecule has 3 nitrogen and oxygen atoms in total. The summed E-state index contributed by atoms with van der Waals surface area (Å²) in [6.45, 7) is 0.762. The molecular formula is C11H12ClF2NO2. The van der Waals surface area contributed by atoms with Crippen LogP contribution in [-0.2, 0) is 4.79 Å². The molecule has 2 rings (SSSR count). The van der Waals surface area contributed by atoms with E-state index in [1.807, 2.05) is 0 Å². The van der Waals surface area contributed by atoms with Gasteiger partial charge in [0.05, 0.1) is 5.92 Å². The second-order valence-electron chi connectivity index (χ2n) is 3.91. The summed E-state index contributed by atoms with van der Waals surface area (Å²) < 4.78 is 26.0. The number of carboxylic acid groups (broad SMARTS) is 1. The zero-order valence-corrected chi connectivity index (χ0v) is 9.64. The van der Waals surface area contributed by atoms with Gasteiger partial charge in [0.25, 0.3) is 0 Å². The number of rotatable bonds is 2. The van der Waals surface area contributed by atoms with Crippen LogP contribution in [0, 0.1) is 17.6 Å². The van der Waals surface area contributed by atoms with Crippen LogP contribution in [0.5, 0.6) is 0 Å². The van der Waals surface area contributed by atoms with Crippen molar-refractivity contribution in [1.29, 1.82) is 0 Å². The molecule has 6 heteroatoms. The molecule has 1 fully saturated rings. The van der Waals surface area contributed by atoms with E-state index in [9.17, 15) is 13.6 Å². The van der Waals surface area contributed by atoms with Crippen molar-refractivity contribution < 1.29 is 18.7 Å². The van der Waals surface area contributed by atoms with Gasteiger partial charge in [-0.2, -0.15) is 0 Å². The van der Waals surface area contributed by atoms with Crippen LogP contribution in [0.3, 0.4) is 0 Å². The Bertz CT molecular complexity index is 408. The van der Waals surface area contributed by atoms with Gasteiger partial charge in [0, 0.05) is 25.1 Å². The lowest BCUT2D eigenvalue weighted by Crippen LogP contribution is -2.21. The molecule has 1 aromatic rings. The Balaban J connectivity index is 0.00000144. The second-order valence-corrected chi connectivity index (χ2v) is 3.91. The highest BCUT2D eigenvalue weighted by molar-refractivity contribution is 5.85. The van der Waals surface area contributed by atoms with Crippen LogP contribution in [0.4, 0.5) is 8.78 Å². The molecule has 0 radical (unpaired) electrons. The van der Waals surface area contributed by atoms with E-state index in [-0.39, 0.29) is 18.3 Å². The number of hydrogen-bond acceptors (Lipinski definition) is 2. The van der Waals surface area contributed by atoms with Gasteiger partial charge in [0.1, 0.15) is 11.6 Å². The number of carbonyl (C=O) groups is 1. The topological polar surface area (TPSA) is 49.3 Å². The van der Waals surface area contributed by atoms with Crippen molar-refractivity contribution in [3.05, 3.63) is 35.4 Å². The minimum Gasteiger partial charge on any atom is -0.481 e. The van der Waals surface area contributed by atoms with Crippen LogP contribution in [0.25, 0.3) is 0 Å². The average molecular weight is 264 g/mol. The molecule has 1 saturated heterocycles. The normalized spacial score (nSPS) is 23.2. The molecule has 0 aliphatic carbocycles. The summed E-state index contributed by atoms with van der Waals surface area (Å²) in [5.74, 6) is -3.29. The predicted octanol–water partition coefficient (Wildman–Crippen LogP) is 1.77. The van der Waals surface area contributed by atoms with Crippen molar-refractivity contribution in [1.82, 2.24) is 5.32 Å². The first-order valence-electron chi connectivity index (χ1n) is 4.97. The molecule has 0 saturated carbocycles. The summed E-state index contributed by atoms with van der Waals surface area (Å²) in [4.78, 5) is 10.9. The minimum atomic E-state index is -0.945. The Morgan fingerprint density at radius 2 is 1.82 bits per heavy atom. The van der Waals surface area contributed by atoms with Crippen molar-refractivity contribution in [2.24, 2.45) is 5.92 Å². The van der Waals surface area contributed by atoms with Gasteiger partial charge in [-0.1, -0.05) is 0 Å². The van der Waals surface area contributed by atoms with Crippen LogP contribution in [0.1, 0.15) is 11.5 Å². The summed E-state index contributed by atoms with van der Waals surface area (Å²) in [6, 6.07) is 3.16. The molecule has 2 N–H and O–H groups in total. The Morgan fingerprint density at radius 3 is 2.35 bits per heavy atom. The molecule has 1 heterocycles. The van der Waals surface area contributed by atoms with Gasteiger partial charge in [-0.15, -0.1) is 12.4 Å². The molecular weight excluding hydrogens is 252 g/mol. The summed E-state index contributed by atoms with van der Waals surface area (Å²) in [6.07, 6.45) is 0. The van der Waals surface area contributed by atoms with Gasteiger partial charge in [-0.3, -0.25) is 4.79 Å². The summed E-state index contributed by atoms with van der Waals surface area (Å²) >= 11 is 0. The lowest BCUT2D eigenvalue weighted by Gasteiger charge is -2.15. The smallest absolute Gasteiger partial charge is 0.308 e. The fraction of sp³-hybridized carbons (Fsp3) is 0.364. The quantitative estimate of drug-likeness (QED) is 0.855. The van der Waals surface area contributed by atoms with Crippen molar-refractivity contribution in [2.75, 3.05) is 13.1 Å². The highest BCUT2D eigenvalue weighted by Crippen LogP contribution is 2.29. The van der Waals surface area contributed by atoms with Gasteiger partial charge < -0.3 is 10.4 Å². The summed E-state index contributed by atoms with van der Waals surface area (Å²) in [7, 11) is 0. The van der Waals surface area contributed by atoms with E-state index in [1.54, 1.807) is 0 Å². The first kappa shape index (κ1) is 13.9. The Morgan fingerprint density at radius 1 is 1.24 bits per heavy atom. The third kappa shape index (κ3) is 2.92. The van der Waals surface area contributed by atoms with E-state index >= 15 is 0 Å².